The van der Waals surface area contributed by atoms with Crippen molar-refractivity contribution in [2.75, 3.05) is 0 Å². The number of nitrogens with one attached hydrogen (secondary N) is 1. The van der Waals surface area contributed by atoms with Crippen molar-refractivity contribution in [3.63, 3.8) is 0 Å². The highest BCUT2D eigenvalue weighted by Crippen LogP contribution is 2.31. The summed E-state index contributed by atoms with van der Waals surface area (Å²) in [5, 5.41) is 10.2. The molecule has 0 spiro atoms. The molecule has 2 aromatic heterocycles. The lowest BCUT2D eigenvalue weighted by molar-refractivity contribution is -0.137. The van der Waals surface area contributed by atoms with Crippen LogP contribution in [0.1, 0.15) is 20.8 Å². The summed E-state index contributed by atoms with van der Waals surface area (Å²) in [6.07, 6.45) is -4.71. The molecule has 34 heavy (non-hydrogen) atoms. The maximum Gasteiger partial charge on any atom is 0.416 e. The second-order valence-electron chi connectivity index (χ2n) is 6.94. The minimum Gasteiger partial charge on any atom is -0.489 e. The second kappa shape index (κ2) is 8.41. The zero-order chi connectivity index (χ0) is 24.8. The number of carbonyl (C=O) groups is 1. The fourth-order valence-electron chi connectivity index (χ4n) is 3.19. The molecule has 0 amide bonds. The Labute approximate surface area is 189 Å². The van der Waals surface area contributed by atoms with Gasteiger partial charge < -0.3 is 14.8 Å². The number of hydrogen-bond acceptors (Lipinski definition) is 5. The zero-order valence-corrected chi connectivity index (χ0v) is 17.4. The molecule has 0 unspecified atom stereocenters. The third-order valence-electron chi connectivity index (χ3n) is 4.77. The van der Waals surface area contributed by atoms with E-state index in [2.05, 4.69) is 4.98 Å². The number of H-pyrrole nitrogens is 1. The Morgan fingerprint density at radius 3 is 2.47 bits per heavy atom. The van der Waals surface area contributed by atoms with Crippen LogP contribution in [0.2, 0.25) is 0 Å². The maximum atomic E-state index is 14.5. The van der Waals surface area contributed by atoms with E-state index >= 15 is 0 Å². The topological polar surface area (TPSA) is 101 Å². The van der Waals surface area contributed by atoms with E-state index in [1.54, 1.807) is 0 Å². The standard InChI is InChI=1S/C21H11F5N2O5S/c22-12-3-1-10(21(24,25)26)5-9(12)7-33-11-2-4-13(23)15(6-11)28-18(29)16-14(27-20(28)32)8-34-17(16)19(30)31/h1-6,8H,7H2,(H,27,32)(H,30,31). The van der Waals surface area contributed by atoms with Crippen LogP contribution >= 0.6 is 11.3 Å². The first-order valence-corrected chi connectivity index (χ1v) is 10.1. The van der Waals surface area contributed by atoms with Crippen LogP contribution in [0.4, 0.5) is 22.0 Å². The van der Waals surface area contributed by atoms with Gasteiger partial charge in [0, 0.05) is 17.0 Å². The molecule has 0 aliphatic heterocycles. The second-order valence-corrected chi connectivity index (χ2v) is 7.81. The highest BCUT2D eigenvalue weighted by Gasteiger charge is 2.31. The van der Waals surface area contributed by atoms with Crippen molar-refractivity contribution in [2.24, 2.45) is 0 Å². The van der Waals surface area contributed by atoms with Crippen LogP contribution in [0, 0.1) is 11.6 Å². The fraction of sp³-hybridized carbons (Fsp3) is 0.0952. The predicted molar refractivity (Wildman–Crippen MR) is 111 cm³/mol. The summed E-state index contributed by atoms with van der Waals surface area (Å²) in [5.74, 6) is -3.62. The lowest BCUT2D eigenvalue weighted by Crippen LogP contribution is -2.34. The highest BCUT2D eigenvalue weighted by atomic mass is 32.1. The molecule has 2 heterocycles. The zero-order valence-electron chi connectivity index (χ0n) is 16.6. The largest absolute Gasteiger partial charge is 0.489 e. The van der Waals surface area contributed by atoms with E-state index in [4.69, 9.17) is 4.74 Å². The van der Waals surface area contributed by atoms with E-state index in [0.717, 1.165) is 18.2 Å². The Morgan fingerprint density at radius 2 is 1.79 bits per heavy atom. The first kappa shape index (κ1) is 23.2. The minimum absolute atomic E-state index is 0.0403. The summed E-state index contributed by atoms with van der Waals surface area (Å²) in [7, 11) is 0. The number of aromatic amines is 1. The Bertz CT molecular complexity index is 1550. The summed E-state index contributed by atoms with van der Waals surface area (Å²) in [5.41, 5.74) is -4.33. The molecule has 0 aliphatic carbocycles. The van der Waals surface area contributed by atoms with E-state index in [1.165, 1.54) is 5.38 Å². The molecule has 0 radical (unpaired) electrons. The van der Waals surface area contributed by atoms with Crippen molar-refractivity contribution in [3.8, 4) is 11.4 Å². The molecule has 2 aromatic carbocycles. The molecule has 0 bridgehead atoms. The number of nitrogens with zero attached hydrogens (tertiary/aromatic N) is 1. The van der Waals surface area contributed by atoms with Crippen LogP contribution < -0.4 is 16.0 Å². The highest BCUT2D eigenvalue weighted by molar-refractivity contribution is 7.13. The molecule has 0 saturated carbocycles. The van der Waals surface area contributed by atoms with Crippen molar-refractivity contribution < 1.29 is 36.6 Å². The van der Waals surface area contributed by atoms with Crippen LogP contribution in [0.5, 0.6) is 5.75 Å². The van der Waals surface area contributed by atoms with E-state index in [-0.39, 0.29) is 21.5 Å². The number of fused-ring (bicyclic) bond motifs is 1. The van der Waals surface area contributed by atoms with Gasteiger partial charge in [0.25, 0.3) is 5.56 Å². The number of alkyl halides is 3. The fourth-order valence-corrected chi connectivity index (χ4v) is 4.02. The van der Waals surface area contributed by atoms with Gasteiger partial charge in [0.1, 0.15) is 28.9 Å². The van der Waals surface area contributed by atoms with Gasteiger partial charge in [0.2, 0.25) is 0 Å². The molecule has 0 aliphatic rings. The molecular weight excluding hydrogens is 487 g/mol. The molecule has 13 heteroatoms. The number of carboxylic acid groups (broad SMARTS) is 1. The summed E-state index contributed by atoms with van der Waals surface area (Å²) in [4.78, 5) is 38.7. The molecule has 0 saturated heterocycles. The van der Waals surface area contributed by atoms with Crippen molar-refractivity contribution >= 4 is 28.2 Å². The van der Waals surface area contributed by atoms with Gasteiger partial charge in [0.15, 0.2) is 0 Å². The Kier molecular flexibility index (Phi) is 5.73. The molecule has 0 fully saturated rings. The van der Waals surface area contributed by atoms with Crippen molar-refractivity contribution in [3.05, 3.63) is 90.3 Å². The van der Waals surface area contributed by atoms with E-state index in [1.807, 2.05) is 0 Å². The lowest BCUT2D eigenvalue weighted by atomic mass is 10.1. The van der Waals surface area contributed by atoms with Crippen molar-refractivity contribution in [2.45, 2.75) is 12.8 Å². The molecule has 7 nitrogen and oxygen atoms in total. The number of hydrogen-bond donors (Lipinski definition) is 2. The summed E-state index contributed by atoms with van der Waals surface area (Å²) in [6, 6.07) is 4.57. The Balaban J connectivity index is 1.74. The number of ether oxygens (including phenoxy) is 1. The number of aromatic carboxylic acids is 1. The minimum atomic E-state index is -4.71. The van der Waals surface area contributed by atoms with Gasteiger partial charge in [-0.05, 0) is 30.3 Å². The molecule has 176 valence electrons. The average molecular weight is 498 g/mol. The van der Waals surface area contributed by atoms with Crippen LogP contribution in [0.25, 0.3) is 16.6 Å². The monoisotopic (exact) mass is 498 g/mol. The number of aromatic nitrogens is 2. The number of halogens is 5. The van der Waals surface area contributed by atoms with Gasteiger partial charge in [-0.2, -0.15) is 13.2 Å². The van der Waals surface area contributed by atoms with Crippen LogP contribution in [0.3, 0.4) is 0 Å². The van der Waals surface area contributed by atoms with E-state index < -0.39 is 58.5 Å². The third kappa shape index (κ3) is 4.17. The van der Waals surface area contributed by atoms with Crippen LogP contribution in [-0.2, 0) is 12.8 Å². The van der Waals surface area contributed by atoms with Crippen LogP contribution in [-0.4, -0.2) is 20.6 Å². The normalized spacial score (nSPS) is 11.7. The van der Waals surface area contributed by atoms with Crippen molar-refractivity contribution in [1.29, 1.82) is 0 Å². The number of carboxylic acids is 1. The summed E-state index contributed by atoms with van der Waals surface area (Å²) >= 11 is 0.698. The van der Waals surface area contributed by atoms with Gasteiger partial charge in [0.05, 0.1) is 22.2 Å². The van der Waals surface area contributed by atoms with Gasteiger partial charge in [-0.15, -0.1) is 11.3 Å². The molecule has 0 atom stereocenters. The number of benzene rings is 2. The van der Waals surface area contributed by atoms with Gasteiger partial charge >= 0.3 is 17.8 Å². The smallest absolute Gasteiger partial charge is 0.416 e. The maximum absolute atomic E-state index is 14.5. The molecule has 4 rings (SSSR count). The Hall–Kier alpha value is -4.00. The molecular formula is C21H11F5N2O5S. The summed E-state index contributed by atoms with van der Waals surface area (Å²) < 4.78 is 72.8. The Morgan fingerprint density at radius 1 is 1.09 bits per heavy atom. The van der Waals surface area contributed by atoms with Gasteiger partial charge in [-0.3, -0.25) is 4.79 Å². The van der Waals surface area contributed by atoms with E-state index in [0.29, 0.717) is 34.1 Å². The predicted octanol–water partition coefficient (Wildman–Crippen LogP) is 4.31. The lowest BCUT2D eigenvalue weighted by Gasteiger charge is -2.12. The number of rotatable bonds is 5. The first-order chi connectivity index (χ1) is 16.0. The van der Waals surface area contributed by atoms with Gasteiger partial charge in [-0.1, -0.05) is 0 Å². The van der Waals surface area contributed by atoms with Gasteiger partial charge in [-0.25, -0.2) is 22.9 Å². The third-order valence-corrected chi connectivity index (χ3v) is 5.74. The molecule has 2 N–H and O–H groups in total. The molecule has 4 aromatic rings. The van der Waals surface area contributed by atoms with Crippen molar-refractivity contribution in [1.82, 2.24) is 9.55 Å². The number of thiophene rings is 1. The average Bonchev–Trinajstić information content (AvgIpc) is 3.18. The van der Waals surface area contributed by atoms with E-state index in [9.17, 15) is 41.4 Å². The quantitative estimate of drug-likeness (QED) is 0.400. The summed E-state index contributed by atoms with van der Waals surface area (Å²) in [6.45, 7) is -0.668. The SMILES string of the molecule is O=C(O)c1scc2[nH]c(=O)n(-c3cc(OCc4cc(C(F)(F)F)ccc4F)ccc3F)c(=O)c12. The first-order valence-electron chi connectivity index (χ1n) is 9.25. The van der Waals surface area contributed by atoms with Crippen LogP contribution in [0.15, 0.2) is 51.4 Å².